The number of carbonyl (C=O) groups is 1. The molecule has 8 heteroatoms. The number of pyridine rings is 1. The van der Waals surface area contributed by atoms with Crippen LogP contribution in [0.2, 0.25) is 0 Å². The molecule has 3 heterocycles. The van der Waals surface area contributed by atoms with Gasteiger partial charge in [0.1, 0.15) is 17.0 Å². The maximum Gasteiger partial charge on any atom is 0.410 e. The third-order valence-electron chi connectivity index (χ3n) is 6.75. The fourth-order valence-corrected chi connectivity index (χ4v) is 5.61. The molecule has 1 aromatic heterocycles. The van der Waals surface area contributed by atoms with E-state index < -0.39 is 15.4 Å². The Labute approximate surface area is 202 Å². The first kappa shape index (κ1) is 24.5. The molecule has 1 aromatic carbocycles. The smallest absolute Gasteiger partial charge is 0.410 e. The van der Waals surface area contributed by atoms with Gasteiger partial charge in [-0.1, -0.05) is 6.07 Å². The van der Waals surface area contributed by atoms with Gasteiger partial charge >= 0.3 is 6.09 Å². The highest BCUT2D eigenvalue weighted by molar-refractivity contribution is 7.90. The van der Waals surface area contributed by atoms with Crippen molar-refractivity contribution in [2.24, 2.45) is 5.92 Å². The molecule has 4 rings (SSSR count). The van der Waals surface area contributed by atoms with E-state index >= 15 is 0 Å². The number of sulfone groups is 1. The Hall–Kier alpha value is -2.61. The van der Waals surface area contributed by atoms with Crippen molar-refractivity contribution in [1.29, 1.82) is 0 Å². The van der Waals surface area contributed by atoms with Gasteiger partial charge in [-0.3, -0.25) is 4.98 Å². The molecule has 1 atom stereocenters. The Morgan fingerprint density at radius 3 is 2.47 bits per heavy atom. The number of fused-ring (bicyclic) bond motifs is 1. The van der Waals surface area contributed by atoms with Crippen molar-refractivity contribution < 1.29 is 22.7 Å². The Morgan fingerprint density at radius 2 is 1.88 bits per heavy atom. The molecule has 1 amide bonds. The number of piperidine rings is 1. The van der Waals surface area contributed by atoms with E-state index in [0.717, 1.165) is 47.4 Å². The van der Waals surface area contributed by atoms with Crippen molar-refractivity contribution in [1.82, 2.24) is 9.88 Å². The molecule has 1 saturated heterocycles. The highest BCUT2D eigenvalue weighted by Gasteiger charge is 2.44. The van der Waals surface area contributed by atoms with Crippen molar-refractivity contribution in [2.45, 2.75) is 70.0 Å². The SMILES string of the molecule is Cc1cc(S(C)(=O)=O)ccc1-c1cc2c(cn1)OC(C)(C1CCN(C(=O)OC(C)(C)C)CC1)C2. The van der Waals surface area contributed by atoms with Crippen LogP contribution in [0.1, 0.15) is 51.7 Å². The first-order valence-electron chi connectivity index (χ1n) is 11.7. The molecule has 184 valence electrons. The second-order valence-electron chi connectivity index (χ2n) is 10.8. The third kappa shape index (κ3) is 5.06. The van der Waals surface area contributed by atoms with Crippen LogP contribution in [0.15, 0.2) is 35.4 Å². The third-order valence-corrected chi connectivity index (χ3v) is 7.86. The maximum absolute atomic E-state index is 12.4. The van der Waals surface area contributed by atoms with E-state index in [0.29, 0.717) is 23.9 Å². The molecule has 0 saturated carbocycles. The van der Waals surface area contributed by atoms with Crippen LogP contribution in [0.25, 0.3) is 11.3 Å². The quantitative estimate of drug-likeness (QED) is 0.619. The molecular weight excluding hydrogens is 452 g/mol. The lowest BCUT2D eigenvalue weighted by molar-refractivity contribution is -0.00829. The minimum Gasteiger partial charge on any atom is -0.485 e. The molecule has 0 radical (unpaired) electrons. The van der Waals surface area contributed by atoms with Crippen LogP contribution in [0.3, 0.4) is 0 Å². The van der Waals surface area contributed by atoms with E-state index in [1.807, 2.05) is 33.8 Å². The molecule has 2 aromatic rings. The monoisotopic (exact) mass is 486 g/mol. The van der Waals surface area contributed by atoms with Gasteiger partial charge in [0.2, 0.25) is 0 Å². The number of hydrogen-bond acceptors (Lipinski definition) is 6. The molecule has 0 N–H and O–H groups in total. The summed E-state index contributed by atoms with van der Waals surface area (Å²) in [5.41, 5.74) is 2.85. The van der Waals surface area contributed by atoms with Gasteiger partial charge < -0.3 is 14.4 Å². The average Bonchev–Trinajstić information content (AvgIpc) is 3.08. The summed E-state index contributed by atoms with van der Waals surface area (Å²) in [6.07, 6.45) is 5.22. The highest BCUT2D eigenvalue weighted by Crippen LogP contribution is 2.43. The predicted octanol–water partition coefficient (Wildman–Crippen LogP) is 4.80. The van der Waals surface area contributed by atoms with Crippen LogP contribution < -0.4 is 4.74 Å². The lowest BCUT2D eigenvalue weighted by atomic mass is 9.79. The van der Waals surface area contributed by atoms with Crippen molar-refractivity contribution in [3.8, 4) is 17.0 Å². The van der Waals surface area contributed by atoms with Gasteiger partial charge in [0.15, 0.2) is 9.84 Å². The molecule has 0 spiro atoms. The van der Waals surface area contributed by atoms with Crippen LogP contribution >= 0.6 is 0 Å². The van der Waals surface area contributed by atoms with Gasteiger partial charge in [0.05, 0.1) is 16.8 Å². The minimum absolute atomic E-state index is 0.252. The summed E-state index contributed by atoms with van der Waals surface area (Å²) >= 11 is 0. The topological polar surface area (TPSA) is 85.8 Å². The molecule has 34 heavy (non-hydrogen) atoms. The van der Waals surface area contributed by atoms with Crippen molar-refractivity contribution in [2.75, 3.05) is 19.3 Å². The van der Waals surface area contributed by atoms with E-state index in [1.165, 1.54) is 6.26 Å². The summed E-state index contributed by atoms with van der Waals surface area (Å²) in [5.74, 6) is 1.11. The van der Waals surface area contributed by atoms with E-state index in [1.54, 1.807) is 23.2 Å². The molecule has 1 unspecified atom stereocenters. The second kappa shape index (κ2) is 8.56. The number of carbonyl (C=O) groups excluding carboxylic acids is 1. The lowest BCUT2D eigenvalue weighted by Gasteiger charge is -2.40. The first-order chi connectivity index (χ1) is 15.7. The van der Waals surface area contributed by atoms with Crippen LogP contribution in [-0.4, -0.2) is 54.9 Å². The number of ether oxygens (including phenoxy) is 2. The fourth-order valence-electron chi connectivity index (χ4n) is 4.91. The number of nitrogens with zero attached hydrogens (tertiary/aromatic N) is 2. The first-order valence-corrected chi connectivity index (χ1v) is 13.6. The molecule has 2 aliphatic heterocycles. The van der Waals surface area contributed by atoms with E-state index in [-0.39, 0.29) is 11.7 Å². The van der Waals surface area contributed by atoms with E-state index in [9.17, 15) is 13.2 Å². The molecule has 7 nitrogen and oxygen atoms in total. The van der Waals surface area contributed by atoms with Crippen molar-refractivity contribution in [3.05, 3.63) is 41.6 Å². The zero-order valence-electron chi connectivity index (χ0n) is 20.8. The summed E-state index contributed by atoms with van der Waals surface area (Å²) in [5, 5.41) is 0. The Balaban J connectivity index is 1.47. The van der Waals surface area contributed by atoms with Crippen LogP contribution in [0, 0.1) is 12.8 Å². The Morgan fingerprint density at radius 1 is 1.21 bits per heavy atom. The van der Waals surface area contributed by atoms with Gasteiger partial charge in [-0.05, 0) is 71.2 Å². The fraction of sp³-hybridized carbons (Fsp3) is 0.538. The van der Waals surface area contributed by atoms with Crippen LogP contribution in [0.5, 0.6) is 5.75 Å². The van der Waals surface area contributed by atoms with Gasteiger partial charge in [0.25, 0.3) is 0 Å². The Bertz CT molecular complexity index is 1210. The molecule has 2 aliphatic rings. The maximum atomic E-state index is 12.4. The van der Waals surface area contributed by atoms with Gasteiger partial charge in [-0.15, -0.1) is 0 Å². The number of benzene rings is 1. The average molecular weight is 487 g/mol. The molecule has 0 bridgehead atoms. The normalized spacial score (nSPS) is 21.2. The highest BCUT2D eigenvalue weighted by atomic mass is 32.2. The van der Waals surface area contributed by atoms with E-state index in [4.69, 9.17) is 9.47 Å². The number of aromatic nitrogens is 1. The summed E-state index contributed by atoms with van der Waals surface area (Å²) in [6.45, 7) is 11.0. The number of aryl methyl sites for hydroxylation is 1. The molecule has 1 fully saturated rings. The summed E-state index contributed by atoms with van der Waals surface area (Å²) in [7, 11) is -3.25. The molecular formula is C26H34N2O5S. The van der Waals surface area contributed by atoms with Crippen molar-refractivity contribution in [3.63, 3.8) is 0 Å². The van der Waals surface area contributed by atoms with Gasteiger partial charge in [-0.25, -0.2) is 13.2 Å². The van der Waals surface area contributed by atoms with Gasteiger partial charge in [0, 0.05) is 42.8 Å². The number of rotatable bonds is 3. The summed E-state index contributed by atoms with van der Waals surface area (Å²) < 4.78 is 35.7. The number of hydrogen-bond donors (Lipinski definition) is 0. The summed E-state index contributed by atoms with van der Waals surface area (Å²) in [4.78, 5) is 19.1. The zero-order valence-corrected chi connectivity index (χ0v) is 21.7. The summed E-state index contributed by atoms with van der Waals surface area (Å²) in [6, 6.07) is 7.20. The molecule has 0 aliphatic carbocycles. The van der Waals surface area contributed by atoms with Crippen molar-refractivity contribution >= 4 is 15.9 Å². The van der Waals surface area contributed by atoms with Crippen LogP contribution in [-0.2, 0) is 21.0 Å². The Kier molecular flexibility index (Phi) is 6.17. The van der Waals surface area contributed by atoms with E-state index in [2.05, 4.69) is 18.0 Å². The zero-order chi connectivity index (χ0) is 24.9. The largest absolute Gasteiger partial charge is 0.485 e. The van der Waals surface area contributed by atoms with Crippen LogP contribution in [0.4, 0.5) is 4.79 Å². The minimum atomic E-state index is -3.25. The number of amides is 1. The predicted molar refractivity (Wildman–Crippen MR) is 131 cm³/mol. The number of likely N-dealkylation sites (tertiary alicyclic amines) is 1. The van der Waals surface area contributed by atoms with Gasteiger partial charge in [-0.2, -0.15) is 0 Å². The second-order valence-corrected chi connectivity index (χ2v) is 12.8. The lowest BCUT2D eigenvalue weighted by Crippen LogP contribution is -2.48. The standard InChI is InChI=1S/C26H34N2O5S/c1-17-13-20(34(6,30)31)7-8-21(17)22-14-18-15-26(5,32-23(18)16-27-22)19-9-11-28(12-10-19)24(29)33-25(2,3)4/h7-8,13-14,16,19H,9-12,15H2,1-6H3.